The summed E-state index contributed by atoms with van der Waals surface area (Å²) in [7, 11) is 1.47. The fourth-order valence-electron chi connectivity index (χ4n) is 3.17. The van der Waals surface area contributed by atoms with E-state index in [1.807, 2.05) is 62.4 Å². The van der Waals surface area contributed by atoms with Gasteiger partial charge in [-0.25, -0.2) is 5.43 Å². The van der Waals surface area contributed by atoms with Gasteiger partial charge in [-0.2, -0.15) is 5.10 Å². The Bertz CT molecular complexity index is 1260. The van der Waals surface area contributed by atoms with Crippen LogP contribution in [0.1, 0.15) is 22.3 Å². The lowest BCUT2D eigenvalue weighted by Gasteiger charge is -2.13. The number of rotatable bonds is 9. The van der Waals surface area contributed by atoms with Crippen molar-refractivity contribution < 1.29 is 23.9 Å². The van der Waals surface area contributed by atoms with Crippen LogP contribution in [0.15, 0.2) is 71.8 Å². The molecule has 9 heteroatoms. The van der Waals surface area contributed by atoms with E-state index in [1.165, 1.54) is 13.3 Å². The van der Waals surface area contributed by atoms with Crippen LogP contribution in [0.4, 0.5) is 5.69 Å². The van der Waals surface area contributed by atoms with E-state index in [2.05, 4.69) is 21.2 Å². The van der Waals surface area contributed by atoms with Crippen LogP contribution in [0, 0.1) is 13.8 Å². The molecule has 0 aliphatic heterocycles. The quantitative estimate of drug-likeness (QED) is 0.243. The van der Waals surface area contributed by atoms with Crippen molar-refractivity contribution in [3.05, 3.63) is 89.0 Å². The lowest BCUT2D eigenvalue weighted by Crippen LogP contribution is -2.37. The number of benzene rings is 3. The van der Waals surface area contributed by atoms with Gasteiger partial charge in [0.25, 0.3) is 5.91 Å². The van der Waals surface area contributed by atoms with Crippen molar-refractivity contribution >= 4 is 29.6 Å². The molecule has 0 saturated heterocycles. The van der Waals surface area contributed by atoms with Gasteiger partial charge in [0.2, 0.25) is 0 Å². The standard InChI is InChI=1S/C27H28N4O5/c1-18-8-7-11-22(19(18)2)30-25(32)17-36-23-13-12-21(14-24(23)35-3)16-29-31-27(34)26(33)28-15-20-9-5-4-6-10-20/h4-14,16H,15,17H2,1-3H3,(H,28,33)(H,30,32)(H,31,34)/b29-16-. The Morgan fingerprint density at radius 3 is 2.44 bits per heavy atom. The highest BCUT2D eigenvalue weighted by atomic mass is 16.5. The van der Waals surface area contributed by atoms with Gasteiger partial charge in [0.05, 0.1) is 13.3 Å². The Balaban J connectivity index is 1.50. The molecular weight excluding hydrogens is 460 g/mol. The van der Waals surface area contributed by atoms with Gasteiger partial charge in [-0.05, 0) is 60.4 Å². The third-order valence-corrected chi connectivity index (χ3v) is 5.31. The van der Waals surface area contributed by atoms with Gasteiger partial charge in [0.1, 0.15) is 0 Å². The summed E-state index contributed by atoms with van der Waals surface area (Å²) in [5.74, 6) is -1.23. The number of methoxy groups -OCH3 is 1. The van der Waals surface area contributed by atoms with Gasteiger partial charge in [0, 0.05) is 12.2 Å². The monoisotopic (exact) mass is 488 g/mol. The summed E-state index contributed by atoms with van der Waals surface area (Å²) in [4.78, 5) is 36.2. The van der Waals surface area contributed by atoms with Crippen LogP contribution in [-0.2, 0) is 20.9 Å². The molecule has 3 amide bonds. The second kappa shape index (κ2) is 12.7. The molecule has 0 aromatic heterocycles. The Hall–Kier alpha value is -4.66. The molecule has 3 aromatic carbocycles. The van der Waals surface area contributed by atoms with Crippen LogP contribution in [0.3, 0.4) is 0 Å². The molecule has 3 rings (SSSR count). The number of ether oxygens (including phenoxy) is 2. The first-order valence-corrected chi connectivity index (χ1v) is 11.2. The minimum absolute atomic E-state index is 0.203. The van der Waals surface area contributed by atoms with Crippen LogP contribution in [0.5, 0.6) is 11.5 Å². The molecule has 0 spiro atoms. The average molecular weight is 489 g/mol. The number of nitrogens with one attached hydrogen (secondary N) is 3. The van der Waals surface area contributed by atoms with E-state index in [-0.39, 0.29) is 19.1 Å². The first-order valence-electron chi connectivity index (χ1n) is 11.2. The molecule has 0 radical (unpaired) electrons. The van der Waals surface area contributed by atoms with E-state index in [4.69, 9.17) is 9.47 Å². The van der Waals surface area contributed by atoms with Crippen molar-refractivity contribution in [2.75, 3.05) is 19.0 Å². The fourth-order valence-corrected chi connectivity index (χ4v) is 3.17. The number of hydrogen-bond acceptors (Lipinski definition) is 6. The summed E-state index contributed by atoms with van der Waals surface area (Å²) in [6.07, 6.45) is 1.36. The molecule has 0 heterocycles. The molecule has 36 heavy (non-hydrogen) atoms. The number of amides is 3. The topological polar surface area (TPSA) is 118 Å². The molecule has 3 aromatic rings. The number of hydrazone groups is 1. The third kappa shape index (κ3) is 7.42. The number of anilines is 1. The average Bonchev–Trinajstić information content (AvgIpc) is 2.89. The third-order valence-electron chi connectivity index (χ3n) is 5.31. The highest BCUT2D eigenvalue weighted by Gasteiger charge is 2.13. The zero-order valence-corrected chi connectivity index (χ0v) is 20.3. The van der Waals surface area contributed by atoms with Crippen LogP contribution >= 0.6 is 0 Å². The molecule has 0 unspecified atom stereocenters. The van der Waals surface area contributed by atoms with Crippen LogP contribution in [0.25, 0.3) is 0 Å². The maximum Gasteiger partial charge on any atom is 0.329 e. The summed E-state index contributed by atoms with van der Waals surface area (Å²) in [5, 5.41) is 9.17. The second-order valence-electron chi connectivity index (χ2n) is 7.86. The van der Waals surface area contributed by atoms with E-state index < -0.39 is 11.8 Å². The van der Waals surface area contributed by atoms with Crippen LogP contribution < -0.4 is 25.5 Å². The molecule has 9 nitrogen and oxygen atoms in total. The van der Waals surface area contributed by atoms with Crippen LogP contribution in [0.2, 0.25) is 0 Å². The summed E-state index contributed by atoms with van der Waals surface area (Å²) in [6.45, 7) is 3.95. The first kappa shape index (κ1) is 26.0. The lowest BCUT2D eigenvalue weighted by molar-refractivity contribution is -0.139. The van der Waals surface area contributed by atoms with Crippen molar-refractivity contribution in [2.45, 2.75) is 20.4 Å². The smallest absolute Gasteiger partial charge is 0.329 e. The van der Waals surface area contributed by atoms with Crippen LogP contribution in [-0.4, -0.2) is 37.7 Å². The van der Waals surface area contributed by atoms with Crippen molar-refractivity contribution in [2.24, 2.45) is 5.10 Å². The summed E-state index contributed by atoms with van der Waals surface area (Å²) >= 11 is 0. The van der Waals surface area contributed by atoms with Gasteiger partial charge in [-0.3, -0.25) is 14.4 Å². The second-order valence-corrected chi connectivity index (χ2v) is 7.86. The molecule has 0 saturated carbocycles. The van der Waals surface area contributed by atoms with Gasteiger partial charge in [-0.1, -0.05) is 42.5 Å². The minimum Gasteiger partial charge on any atom is -0.493 e. The molecule has 0 aliphatic carbocycles. The molecule has 0 aliphatic rings. The predicted octanol–water partition coefficient (Wildman–Crippen LogP) is 3.10. The van der Waals surface area contributed by atoms with Crippen molar-refractivity contribution in [3.8, 4) is 11.5 Å². The normalized spacial score (nSPS) is 10.5. The van der Waals surface area contributed by atoms with Crippen molar-refractivity contribution in [3.63, 3.8) is 0 Å². The van der Waals surface area contributed by atoms with E-state index in [0.717, 1.165) is 22.4 Å². The highest BCUT2D eigenvalue weighted by molar-refractivity contribution is 6.35. The zero-order chi connectivity index (χ0) is 25.9. The van der Waals surface area contributed by atoms with Crippen molar-refractivity contribution in [1.82, 2.24) is 10.7 Å². The Kier molecular flexibility index (Phi) is 9.16. The Labute approximate surface area is 209 Å². The lowest BCUT2D eigenvalue weighted by atomic mass is 10.1. The Morgan fingerprint density at radius 2 is 1.69 bits per heavy atom. The van der Waals surface area contributed by atoms with E-state index >= 15 is 0 Å². The molecular formula is C27H28N4O5. The van der Waals surface area contributed by atoms with E-state index in [9.17, 15) is 14.4 Å². The summed E-state index contributed by atoms with van der Waals surface area (Å²) < 4.78 is 11.0. The zero-order valence-electron chi connectivity index (χ0n) is 20.3. The maximum atomic E-state index is 12.3. The fraction of sp³-hybridized carbons (Fsp3) is 0.185. The Morgan fingerprint density at radius 1 is 0.917 bits per heavy atom. The number of carbonyl (C=O) groups excluding carboxylic acids is 3. The maximum absolute atomic E-state index is 12.3. The van der Waals surface area contributed by atoms with Gasteiger partial charge < -0.3 is 20.1 Å². The van der Waals surface area contributed by atoms with Gasteiger partial charge >= 0.3 is 11.8 Å². The highest BCUT2D eigenvalue weighted by Crippen LogP contribution is 2.27. The molecule has 0 fully saturated rings. The molecule has 0 bridgehead atoms. The largest absolute Gasteiger partial charge is 0.493 e. The van der Waals surface area contributed by atoms with E-state index in [1.54, 1.807) is 18.2 Å². The van der Waals surface area contributed by atoms with Gasteiger partial charge in [0.15, 0.2) is 18.1 Å². The number of aryl methyl sites for hydroxylation is 1. The van der Waals surface area contributed by atoms with Gasteiger partial charge in [-0.15, -0.1) is 0 Å². The SMILES string of the molecule is COc1cc(/C=N\NC(=O)C(=O)NCc2ccccc2)ccc1OCC(=O)Nc1cccc(C)c1C. The predicted molar refractivity (Wildman–Crippen MR) is 137 cm³/mol. The van der Waals surface area contributed by atoms with E-state index in [0.29, 0.717) is 17.1 Å². The number of carbonyl (C=O) groups is 3. The molecule has 3 N–H and O–H groups in total. The minimum atomic E-state index is -0.885. The summed E-state index contributed by atoms with van der Waals surface area (Å²) in [6, 6.07) is 19.9. The molecule has 186 valence electrons. The number of hydrogen-bond donors (Lipinski definition) is 3. The van der Waals surface area contributed by atoms with Crippen molar-refractivity contribution in [1.29, 1.82) is 0 Å². The number of nitrogens with zero attached hydrogens (tertiary/aromatic N) is 1. The summed E-state index contributed by atoms with van der Waals surface area (Å²) in [5.41, 5.74) is 6.45. The first-order chi connectivity index (χ1) is 17.4. The molecule has 0 atom stereocenters.